The Labute approximate surface area is 89.3 Å². The molecular weight excluding hydrogens is 194 g/mol. The minimum Gasteiger partial charge on any atom is -0.198 e. The summed E-state index contributed by atoms with van der Waals surface area (Å²) in [7, 11) is 0. The smallest absolute Gasteiger partial charge is 0.0668 e. The molecule has 0 saturated heterocycles. The Morgan fingerprint density at radius 2 is 2.00 bits per heavy atom. The molecule has 72 valence electrons. The molecule has 0 heterocycles. The lowest BCUT2D eigenvalue weighted by atomic mass is 10.0. The van der Waals surface area contributed by atoms with Gasteiger partial charge < -0.3 is 0 Å². The molecule has 0 spiro atoms. The average Bonchev–Trinajstić information content (AvgIpc) is 2.69. The quantitative estimate of drug-likeness (QED) is 0.687. The van der Waals surface area contributed by atoms with Crippen LogP contribution in [0.5, 0.6) is 0 Å². The lowest BCUT2D eigenvalue weighted by molar-refractivity contribution is 0.596. The van der Waals surface area contributed by atoms with Crippen LogP contribution in [0, 0.1) is 22.7 Å². The Morgan fingerprint density at radius 1 is 1.36 bits per heavy atom. The molecule has 0 radical (unpaired) electrons. The predicted octanol–water partition coefficient (Wildman–Crippen LogP) is 3.60. The Kier molecular flexibility index (Phi) is 2.05. The van der Waals surface area contributed by atoms with Crippen molar-refractivity contribution in [3.8, 4) is 6.07 Å². The van der Waals surface area contributed by atoms with Gasteiger partial charge in [0, 0.05) is 10.9 Å². The molecule has 1 aliphatic carbocycles. The van der Waals surface area contributed by atoms with E-state index >= 15 is 0 Å². The van der Waals surface area contributed by atoms with Crippen molar-refractivity contribution >= 4 is 11.6 Å². The zero-order valence-corrected chi connectivity index (χ0v) is 9.05. The van der Waals surface area contributed by atoms with Gasteiger partial charge in [-0.3, -0.25) is 0 Å². The van der Waals surface area contributed by atoms with Gasteiger partial charge in [-0.15, -0.1) is 0 Å². The van der Waals surface area contributed by atoms with E-state index in [2.05, 4.69) is 19.9 Å². The van der Waals surface area contributed by atoms with Crippen molar-refractivity contribution in [1.29, 1.82) is 5.26 Å². The molecule has 0 bridgehead atoms. The van der Waals surface area contributed by atoms with Crippen LogP contribution in [0.15, 0.2) is 24.3 Å². The molecule has 2 rings (SSSR count). The molecule has 1 aromatic carbocycles. The molecule has 1 aromatic rings. The second kappa shape index (κ2) is 3.00. The van der Waals surface area contributed by atoms with Gasteiger partial charge in [-0.2, -0.15) is 5.26 Å². The van der Waals surface area contributed by atoms with E-state index in [0.717, 1.165) is 10.6 Å². The highest BCUT2D eigenvalue weighted by Gasteiger charge is 2.59. The van der Waals surface area contributed by atoms with E-state index < -0.39 is 0 Å². The summed E-state index contributed by atoms with van der Waals surface area (Å²) >= 11 is 6.10. The van der Waals surface area contributed by atoms with Crippen LogP contribution >= 0.6 is 11.6 Å². The van der Waals surface area contributed by atoms with E-state index in [1.54, 1.807) is 0 Å². The first kappa shape index (κ1) is 9.55. The van der Waals surface area contributed by atoms with Crippen LogP contribution in [-0.2, 0) is 0 Å². The highest BCUT2D eigenvalue weighted by atomic mass is 35.5. The molecule has 1 aliphatic rings. The van der Waals surface area contributed by atoms with Gasteiger partial charge >= 0.3 is 0 Å². The van der Waals surface area contributed by atoms with Crippen LogP contribution in [0.4, 0.5) is 0 Å². The standard InChI is InChI=1S/C12H12ClN/c1-12(2)9(7-14)11(12)8-5-3-4-6-10(8)13/h3-6,9,11H,1-2H3/t9-,11-/m1/s1. The fraction of sp³-hybridized carbons (Fsp3) is 0.417. The minimum absolute atomic E-state index is 0.0831. The van der Waals surface area contributed by atoms with Crippen LogP contribution in [-0.4, -0.2) is 0 Å². The second-order valence-electron chi connectivity index (χ2n) is 4.43. The first-order valence-electron chi connectivity index (χ1n) is 4.73. The minimum atomic E-state index is 0.0831. The maximum atomic E-state index is 8.97. The molecule has 0 amide bonds. The number of rotatable bonds is 1. The molecule has 14 heavy (non-hydrogen) atoms. The van der Waals surface area contributed by atoms with E-state index in [4.69, 9.17) is 16.9 Å². The zero-order valence-electron chi connectivity index (χ0n) is 8.29. The van der Waals surface area contributed by atoms with Crippen molar-refractivity contribution in [2.75, 3.05) is 0 Å². The summed E-state index contributed by atoms with van der Waals surface area (Å²) in [5, 5.41) is 9.75. The first-order chi connectivity index (χ1) is 6.59. The van der Waals surface area contributed by atoms with Gasteiger partial charge in [0.2, 0.25) is 0 Å². The maximum absolute atomic E-state index is 8.97. The van der Waals surface area contributed by atoms with E-state index in [-0.39, 0.29) is 11.3 Å². The van der Waals surface area contributed by atoms with Crippen molar-refractivity contribution in [3.63, 3.8) is 0 Å². The fourth-order valence-electron chi connectivity index (χ4n) is 2.19. The van der Waals surface area contributed by atoms with Crippen LogP contribution < -0.4 is 0 Å². The Hall–Kier alpha value is -1.00. The summed E-state index contributed by atoms with van der Waals surface area (Å²) in [5.74, 6) is 0.420. The van der Waals surface area contributed by atoms with Crippen LogP contribution in [0.2, 0.25) is 5.02 Å². The van der Waals surface area contributed by atoms with Crippen molar-refractivity contribution in [3.05, 3.63) is 34.9 Å². The molecule has 2 atom stereocenters. The van der Waals surface area contributed by atoms with Gasteiger partial charge in [0.05, 0.1) is 12.0 Å². The summed E-state index contributed by atoms with van der Waals surface area (Å²) in [6.07, 6.45) is 0. The van der Waals surface area contributed by atoms with E-state index in [0.29, 0.717) is 5.92 Å². The van der Waals surface area contributed by atoms with Crippen LogP contribution in [0.3, 0.4) is 0 Å². The average molecular weight is 206 g/mol. The number of hydrogen-bond acceptors (Lipinski definition) is 1. The summed E-state index contributed by atoms with van der Waals surface area (Å²) in [6.45, 7) is 4.24. The topological polar surface area (TPSA) is 23.8 Å². The monoisotopic (exact) mass is 205 g/mol. The molecular formula is C12H12ClN. The highest BCUT2D eigenvalue weighted by Crippen LogP contribution is 2.64. The van der Waals surface area contributed by atoms with Gasteiger partial charge in [-0.1, -0.05) is 43.6 Å². The fourth-order valence-corrected chi connectivity index (χ4v) is 2.44. The summed E-state index contributed by atoms with van der Waals surface area (Å²) in [4.78, 5) is 0. The lowest BCUT2D eigenvalue weighted by Gasteiger charge is -2.04. The maximum Gasteiger partial charge on any atom is 0.0668 e. The summed E-state index contributed by atoms with van der Waals surface area (Å²) in [6, 6.07) is 10.2. The van der Waals surface area contributed by atoms with Crippen molar-refractivity contribution in [1.82, 2.24) is 0 Å². The number of nitrogens with zero attached hydrogens (tertiary/aromatic N) is 1. The molecule has 0 N–H and O–H groups in total. The molecule has 0 aliphatic heterocycles. The SMILES string of the molecule is CC1(C)[C@H](C#N)[C@H]1c1ccccc1Cl. The van der Waals surface area contributed by atoms with Crippen LogP contribution in [0.1, 0.15) is 25.3 Å². The van der Waals surface area contributed by atoms with Gasteiger partial charge in [-0.05, 0) is 17.0 Å². The highest BCUT2D eigenvalue weighted by molar-refractivity contribution is 6.31. The van der Waals surface area contributed by atoms with Crippen LogP contribution in [0.25, 0.3) is 0 Å². The number of halogens is 1. The Morgan fingerprint density at radius 3 is 2.50 bits per heavy atom. The molecule has 2 heteroatoms. The van der Waals surface area contributed by atoms with E-state index in [1.807, 2.05) is 24.3 Å². The Bertz CT molecular complexity index is 403. The number of benzene rings is 1. The third-order valence-electron chi connectivity index (χ3n) is 3.21. The number of hydrogen-bond donors (Lipinski definition) is 0. The zero-order chi connectivity index (χ0) is 10.3. The van der Waals surface area contributed by atoms with Gasteiger partial charge in [0.25, 0.3) is 0 Å². The van der Waals surface area contributed by atoms with Gasteiger partial charge in [0.1, 0.15) is 0 Å². The molecule has 0 aromatic heterocycles. The van der Waals surface area contributed by atoms with Crippen molar-refractivity contribution in [2.24, 2.45) is 11.3 Å². The number of nitriles is 1. The molecule has 1 nitrogen and oxygen atoms in total. The van der Waals surface area contributed by atoms with E-state index in [1.165, 1.54) is 0 Å². The Balaban J connectivity index is 2.37. The third kappa shape index (κ3) is 1.22. The predicted molar refractivity (Wildman–Crippen MR) is 57.1 cm³/mol. The van der Waals surface area contributed by atoms with Gasteiger partial charge in [0.15, 0.2) is 0 Å². The largest absolute Gasteiger partial charge is 0.198 e. The molecule has 1 saturated carbocycles. The second-order valence-corrected chi connectivity index (χ2v) is 4.83. The van der Waals surface area contributed by atoms with E-state index in [9.17, 15) is 0 Å². The van der Waals surface area contributed by atoms with Crippen molar-refractivity contribution < 1.29 is 0 Å². The first-order valence-corrected chi connectivity index (χ1v) is 5.11. The molecule has 0 unspecified atom stereocenters. The lowest BCUT2D eigenvalue weighted by Crippen LogP contribution is -1.90. The van der Waals surface area contributed by atoms with Crippen molar-refractivity contribution in [2.45, 2.75) is 19.8 Å². The summed E-state index contributed by atoms with van der Waals surface area (Å²) in [5.41, 5.74) is 1.20. The molecule has 1 fully saturated rings. The third-order valence-corrected chi connectivity index (χ3v) is 3.55. The van der Waals surface area contributed by atoms with Gasteiger partial charge in [-0.25, -0.2) is 0 Å². The summed E-state index contributed by atoms with van der Waals surface area (Å²) < 4.78 is 0. The normalized spacial score (nSPS) is 28.1.